The van der Waals surface area contributed by atoms with Crippen molar-refractivity contribution in [3.8, 4) is 0 Å². The number of hydrogen-bond donors (Lipinski definition) is 0. The largest absolute Gasteiger partial charge is 0.350 e. The van der Waals surface area contributed by atoms with Crippen LogP contribution in [0.15, 0.2) is 24.7 Å². The van der Waals surface area contributed by atoms with Crippen LogP contribution < -0.4 is 4.90 Å². The molecule has 4 rings (SSSR count). The number of aromatic nitrogens is 3. The Bertz CT molecular complexity index is 538. The summed E-state index contributed by atoms with van der Waals surface area (Å²) in [6.45, 7) is 1.15. The lowest BCUT2D eigenvalue weighted by Crippen LogP contribution is -2.34. The highest BCUT2D eigenvalue weighted by Gasteiger charge is 2.39. The van der Waals surface area contributed by atoms with Crippen LogP contribution in [0.4, 0.5) is 5.82 Å². The van der Waals surface area contributed by atoms with E-state index in [1.54, 1.807) is 0 Å². The molecule has 2 aromatic rings. The summed E-state index contributed by atoms with van der Waals surface area (Å²) in [7, 11) is 0. The third-order valence-corrected chi connectivity index (χ3v) is 4.87. The van der Waals surface area contributed by atoms with E-state index in [0.717, 1.165) is 23.1 Å². The molecule has 2 saturated heterocycles. The van der Waals surface area contributed by atoms with Crippen molar-refractivity contribution in [1.82, 2.24) is 14.6 Å². The molecule has 2 aliphatic rings. The maximum Gasteiger partial charge on any atom is 0.154 e. The van der Waals surface area contributed by atoms with Gasteiger partial charge in [-0.05, 0) is 12.5 Å². The standard InChI is InChI=1S/C11H12N4S/c1-2-13-15-4-3-12-11(10(1)15)14-6-9-5-8(14)7-16-9/h1-4,8-9H,5-7H2/t8-,9+/m0/s1. The Balaban J connectivity index is 1.84. The first kappa shape index (κ1) is 8.87. The Morgan fingerprint density at radius 3 is 3.19 bits per heavy atom. The van der Waals surface area contributed by atoms with E-state index in [1.165, 1.54) is 12.2 Å². The number of hydrogen-bond acceptors (Lipinski definition) is 4. The molecule has 0 spiro atoms. The fraction of sp³-hybridized carbons (Fsp3) is 0.455. The van der Waals surface area contributed by atoms with E-state index in [2.05, 4.69) is 26.7 Å². The van der Waals surface area contributed by atoms with Crippen molar-refractivity contribution in [3.63, 3.8) is 0 Å². The molecule has 0 radical (unpaired) electrons. The van der Waals surface area contributed by atoms with Crippen LogP contribution >= 0.6 is 11.8 Å². The zero-order valence-corrected chi connectivity index (χ0v) is 9.60. The van der Waals surface area contributed by atoms with Gasteiger partial charge < -0.3 is 4.90 Å². The lowest BCUT2D eigenvalue weighted by molar-refractivity contribution is 0.750. The van der Waals surface area contributed by atoms with Crippen molar-refractivity contribution in [2.75, 3.05) is 17.2 Å². The van der Waals surface area contributed by atoms with Gasteiger partial charge in [-0.15, -0.1) is 0 Å². The molecule has 4 nitrogen and oxygen atoms in total. The average molecular weight is 232 g/mol. The minimum atomic E-state index is 0.684. The van der Waals surface area contributed by atoms with E-state index >= 15 is 0 Å². The molecule has 0 unspecified atom stereocenters. The summed E-state index contributed by atoms with van der Waals surface area (Å²) < 4.78 is 1.90. The first-order valence-electron chi connectivity index (χ1n) is 5.58. The maximum atomic E-state index is 4.54. The third kappa shape index (κ3) is 1.12. The molecule has 0 aromatic carbocycles. The highest BCUT2D eigenvalue weighted by atomic mass is 32.2. The first-order valence-corrected chi connectivity index (χ1v) is 6.63. The van der Waals surface area contributed by atoms with E-state index in [0.29, 0.717) is 6.04 Å². The Morgan fingerprint density at radius 1 is 1.38 bits per heavy atom. The zero-order chi connectivity index (χ0) is 10.5. The average Bonchev–Trinajstić information content (AvgIpc) is 3.03. The van der Waals surface area contributed by atoms with Crippen molar-refractivity contribution in [2.45, 2.75) is 17.7 Å². The second-order valence-corrected chi connectivity index (χ2v) is 5.74. The molecule has 4 heterocycles. The molecule has 82 valence electrons. The van der Waals surface area contributed by atoms with Gasteiger partial charge in [0.2, 0.25) is 0 Å². The summed E-state index contributed by atoms with van der Waals surface area (Å²) in [6.07, 6.45) is 6.90. The SMILES string of the molecule is c1cn2nccc2c(N2C[C@H]3C[C@H]2CS3)n1. The van der Waals surface area contributed by atoms with E-state index < -0.39 is 0 Å². The van der Waals surface area contributed by atoms with E-state index in [9.17, 15) is 0 Å². The molecule has 5 heteroatoms. The predicted octanol–water partition coefficient (Wildman–Crippen LogP) is 1.42. The predicted molar refractivity (Wildman–Crippen MR) is 65.0 cm³/mol. The Morgan fingerprint density at radius 2 is 2.38 bits per heavy atom. The van der Waals surface area contributed by atoms with E-state index in [4.69, 9.17) is 0 Å². The molecular formula is C11H12N4S. The van der Waals surface area contributed by atoms with Gasteiger partial charge in [0.25, 0.3) is 0 Å². The van der Waals surface area contributed by atoms with Crippen molar-refractivity contribution >= 4 is 23.1 Å². The summed E-state index contributed by atoms with van der Waals surface area (Å²) in [6, 6.07) is 2.73. The number of nitrogens with zero attached hydrogens (tertiary/aromatic N) is 4. The van der Waals surface area contributed by atoms with Crippen molar-refractivity contribution in [3.05, 3.63) is 24.7 Å². The summed E-state index contributed by atoms with van der Waals surface area (Å²) in [5.41, 5.74) is 1.13. The second-order valence-electron chi connectivity index (χ2n) is 4.41. The maximum absolute atomic E-state index is 4.54. The van der Waals surface area contributed by atoms with Crippen LogP contribution in [0, 0.1) is 0 Å². The van der Waals surface area contributed by atoms with Crippen LogP contribution in [-0.4, -0.2) is 38.2 Å². The summed E-state index contributed by atoms with van der Waals surface area (Å²) in [5, 5.41) is 5.07. The summed E-state index contributed by atoms with van der Waals surface area (Å²) >= 11 is 2.11. The highest BCUT2D eigenvalue weighted by Crippen LogP contribution is 2.40. The van der Waals surface area contributed by atoms with Gasteiger partial charge in [-0.2, -0.15) is 16.9 Å². The smallest absolute Gasteiger partial charge is 0.154 e. The van der Waals surface area contributed by atoms with Crippen LogP contribution in [0.25, 0.3) is 5.52 Å². The summed E-state index contributed by atoms with van der Waals surface area (Å²) in [5.74, 6) is 2.36. The molecule has 2 atom stereocenters. The molecule has 0 aliphatic carbocycles. The lowest BCUT2D eigenvalue weighted by Gasteiger charge is -2.27. The molecule has 16 heavy (non-hydrogen) atoms. The third-order valence-electron chi connectivity index (χ3n) is 3.48. The van der Waals surface area contributed by atoms with Crippen LogP contribution in [0.3, 0.4) is 0 Å². The van der Waals surface area contributed by atoms with Gasteiger partial charge in [-0.25, -0.2) is 9.50 Å². The molecule has 2 bridgehead atoms. The van der Waals surface area contributed by atoms with Gasteiger partial charge in [-0.3, -0.25) is 0 Å². The number of thioether (sulfide) groups is 1. The first-order chi connectivity index (χ1) is 7.92. The number of anilines is 1. The lowest BCUT2D eigenvalue weighted by atomic mass is 10.2. The number of fused-ring (bicyclic) bond motifs is 3. The minimum Gasteiger partial charge on any atom is -0.350 e. The van der Waals surface area contributed by atoms with Gasteiger partial charge in [-0.1, -0.05) is 0 Å². The van der Waals surface area contributed by atoms with Crippen LogP contribution in [0.1, 0.15) is 6.42 Å². The molecule has 0 saturated carbocycles. The number of rotatable bonds is 1. The van der Waals surface area contributed by atoms with E-state index in [-0.39, 0.29) is 0 Å². The Hall–Kier alpha value is -1.23. The fourth-order valence-electron chi connectivity index (χ4n) is 2.72. The van der Waals surface area contributed by atoms with Gasteiger partial charge in [0.15, 0.2) is 5.82 Å². The van der Waals surface area contributed by atoms with Crippen molar-refractivity contribution in [1.29, 1.82) is 0 Å². The highest BCUT2D eigenvalue weighted by molar-refractivity contribution is 8.00. The Labute approximate surface area is 97.7 Å². The normalized spacial score (nSPS) is 28.1. The van der Waals surface area contributed by atoms with Gasteiger partial charge in [0, 0.05) is 36.0 Å². The quantitative estimate of drug-likeness (QED) is 0.744. The Kier molecular flexibility index (Phi) is 1.74. The second kappa shape index (κ2) is 3.13. The van der Waals surface area contributed by atoms with Crippen LogP contribution in [0.2, 0.25) is 0 Å². The topological polar surface area (TPSA) is 33.4 Å². The molecule has 2 fully saturated rings. The fourth-order valence-corrected chi connectivity index (χ4v) is 4.16. The zero-order valence-electron chi connectivity index (χ0n) is 8.78. The molecule has 0 N–H and O–H groups in total. The van der Waals surface area contributed by atoms with Crippen molar-refractivity contribution < 1.29 is 0 Å². The van der Waals surface area contributed by atoms with Gasteiger partial charge in [0.1, 0.15) is 5.52 Å². The van der Waals surface area contributed by atoms with Gasteiger partial charge >= 0.3 is 0 Å². The van der Waals surface area contributed by atoms with E-state index in [1.807, 2.05) is 29.2 Å². The molecular weight excluding hydrogens is 220 g/mol. The molecule has 2 aromatic heterocycles. The monoisotopic (exact) mass is 232 g/mol. The minimum absolute atomic E-state index is 0.684. The van der Waals surface area contributed by atoms with Gasteiger partial charge in [0.05, 0.1) is 6.20 Å². The molecule has 2 aliphatic heterocycles. The van der Waals surface area contributed by atoms with Crippen LogP contribution in [-0.2, 0) is 0 Å². The molecule has 0 amide bonds. The summed E-state index contributed by atoms with van der Waals surface area (Å²) in [4.78, 5) is 6.99. The van der Waals surface area contributed by atoms with Crippen LogP contribution in [0.5, 0.6) is 0 Å². The van der Waals surface area contributed by atoms with Crippen molar-refractivity contribution in [2.24, 2.45) is 0 Å².